The Morgan fingerprint density at radius 1 is 1.15 bits per heavy atom. The largest absolute Gasteiger partial charge is 0.484 e. The lowest BCUT2D eigenvalue weighted by molar-refractivity contribution is -0.123. The first-order chi connectivity index (χ1) is 12.8. The third-order valence-corrected chi connectivity index (χ3v) is 3.67. The first-order valence-corrected chi connectivity index (χ1v) is 8.72. The van der Waals surface area contributed by atoms with Crippen molar-refractivity contribution in [2.24, 2.45) is 0 Å². The van der Waals surface area contributed by atoms with E-state index in [0.717, 1.165) is 5.56 Å². The van der Waals surface area contributed by atoms with E-state index in [1.54, 1.807) is 24.3 Å². The molecule has 27 heavy (non-hydrogen) atoms. The summed E-state index contributed by atoms with van der Waals surface area (Å²) in [5, 5.41) is 8.09. The van der Waals surface area contributed by atoms with Crippen molar-refractivity contribution in [2.45, 2.75) is 26.4 Å². The predicted molar refractivity (Wildman–Crippen MR) is 102 cm³/mol. The molecule has 0 aliphatic rings. The van der Waals surface area contributed by atoms with Crippen LogP contribution in [-0.2, 0) is 11.3 Å². The van der Waals surface area contributed by atoms with Gasteiger partial charge in [-0.1, -0.05) is 23.7 Å². The Hall–Kier alpha value is -2.80. The lowest BCUT2D eigenvalue weighted by Crippen LogP contribution is -2.34. The Kier molecular flexibility index (Phi) is 7.43. The summed E-state index contributed by atoms with van der Waals surface area (Å²) in [6.07, 6.45) is 0. The molecule has 0 aliphatic carbocycles. The zero-order chi connectivity index (χ0) is 19.8. The zero-order valence-electron chi connectivity index (χ0n) is 15.0. The second-order valence-corrected chi connectivity index (χ2v) is 6.50. The van der Waals surface area contributed by atoms with Crippen molar-refractivity contribution in [3.05, 3.63) is 58.9 Å². The minimum absolute atomic E-state index is 0.0487. The number of halogens is 2. The van der Waals surface area contributed by atoms with E-state index >= 15 is 0 Å². The van der Waals surface area contributed by atoms with Gasteiger partial charge >= 0.3 is 6.03 Å². The summed E-state index contributed by atoms with van der Waals surface area (Å²) in [6.45, 7) is 3.85. The number of hydrogen-bond donors (Lipinski definition) is 3. The van der Waals surface area contributed by atoms with Crippen LogP contribution in [-0.4, -0.2) is 24.6 Å². The minimum atomic E-state index is -0.548. The Balaban J connectivity index is 1.76. The van der Waals surface area contributed by atoms with Crippen LogP contribution in [0.15, 0.2) is 42.5 Å². The maximum Gasteiger partial charge on any atom is 0.319 e. The summed E-state index contributed by atoms with van der Waals surface area (Å²) in [5.41, 5.74) is 1.52. The smallest absolute Gasteiger partial charge is 0.319 e. The van der Waals surface area contributed by atoms with Crippen LogP contribution in [0.25, 0.3) is 0 Å². The first-order valence-electron chi connectivity index (χ1n) is 8.34. The summed E-state index contributed by atoms with van der Waals surface area (Å²) in [4.78, 5) is 23.5. The highest BCUT2D eigenvalue weighted by molar-refractivity contribution is 6.30. The van der Waals surface area contributed by atoms with E-state index in [0.29, 0.717) is 18.0 Å². The Labute approximate surface area is 162 Å². The van der Waals surface area contributed by atoms with Gasteiger partial charge in [0.15, 0.2) is 6.61 Å². The molecule has 0 unspecified atom stereocenters. The lowest BCUT2D eigenvalue weighted by atomic mass is 10.2. The fourth-order valence-electron chi connectivity index (χ4n) is 2.10. The molecule has 6 nitrogen and oxygen atoms in total. The fraction of sp³-hybridized carbons (Fsp3) is 0.263. The molecule has 0 radical (unpaired) electrons. The number of hydrogen-bond acceptors (Lipinski definition) is 3. The molecule has 3 N–H and O–H groups in total. The monoisotopic (exact) mass is 393 g/mol. The third-order valence-electron chi connectivity index (χ3n) is 3.38. The predicted octanol–water partition coefficient (Wildman–Crippen LogP) is 3.70. The molecule has 3 amide bonds. The first kappa shape index (κ1) is 20.5. The van der Waals surface area contributed by atoms with Crippen LogP contribution < -0.4 is 20.7 Å². The van der Waals surface area contributed by atoms with E-state index in [1.807, 2.05) is 13.8 Å². The van der Waals surface area contributed by atoms with Crippen LogP contribution in [0.4, 0.5) is 14.9 Å². The van der Waals surface area contributed by atoms with Crippen molar-refractivity contribution >= 4 is 29.2 Å². The molecule has 0 saturated heterocycles. The van der Waals surface area contributed by atoms with Crippen LogP contribution in [0, 0.1) is 5.82 Å². The van der Waals surface area contributed by atoms with Crippen LogP contribution in [0.3, 0.4) is 0 Å². The van der Waals surface area contributed by atoms with Crippen molar-refractivity contribution in [3.63, 3.8) is 0 Å². The van der Waals surface area contributed by atoms with Gasteiger partial charge in [-0.2, -0.15) is 0 Å². The highest BCUT2D eigenvalue weighted by Gasteiger charge is 2.06. The normalized spacial score (nSPS) is 10.4. The standard InChI is InChI=1S/C19H21ClFN3O3/c1-12(2)23-19(26)24-14-5-3-13(4-6-14)10-22-18(25)11-27-15-7-8-17(21)16(20)9-15/h3-9,12H,10-11H2,1-2H3,(H,22,25)(H2,23,24,26). The Morgan fingerprint density at radius 3 is 2.48 bits per heavy atom. The Bertz CT molecular complexity index is 797. The van der Waals surface area contributed by atoms with Gasteiger partial charge in [0, 0.05) is 24.3 Å². The number of urea groups is 1. The van der Waals surface area contributed by atoms with Crippen LogP contribution in [0.5, 0.6) is 5.75 Å². The topological polar surface area (TPSA) is 79.5 Å². The number of ether oxygens (including phenoxy) is 1. The Morgan fingerprint density at radius 2 is 1.85 bits per heavy atom. The second kappa shape index (κ2) is 9.78. The summed E-state index contributed by atoms with van der Waals surface area (Å²) >= 11 is 5.65. The number of carbonyl (C=O) groups excluding carboxylic acids is 2. The number of nitrogens with one attached hydrogen (secondary N) is 3. The van der Waals surface area contributed by atoms with Gasteiger partial charge in [0.05, 0.1) is 5.02 Å². The molecular weight excluding hydrogens is 373 g/mol. The molecule has 0 heterocycles. The molecule has 2 aromatic rings. The number of carbonyl (C=O) groups is 2. The van der Waals surface area contributed by atoms with Crippen LogP contribution in [0.1, 0.15) is 19.4 Å². The SMILES string of the molecule is CC(C)NC(=O)Nc1ccc(CNC(=O)COc2ccc(F)c(Cl)c2)cc1. The van der Waals surface area contributed by atoms with Gasteiger partial charge in [-0.05, 0) is 43.7 Å². The number of anilines is 1. The molecule has 0 spiro atoms. The highest BCUT2D eigenvalue weighted by atomic mass is 35.5. The van der Waals surface area contributed by atoms with E-state index in [-0.39, 0.29) is 29.6 Å². The van der Waals surface area contributed by atoms with Gasteiger partial charge in [0.1, 0.15) is 11.6 Å². The molecule has 0 bridgehead atoms. The van der Waals surface area contributed by atoms with E-state index < -0.39 is 5.82 Å². The molecule has 0 atom stereocenters. The van der Waals surface area contributed by atoms with Gasteiger partial charge in [-0.15, -0.1) is 0 Å². The van der Waals surface area contributed by atoms with Crippen LogP contribution in [0.2, 0.25) is 5.02 Å². The van der Waals surface area contributed by atoms with Gasteiger partial charge in [0.2, 0.25) is 0 Å². The third kappa shape index (κ3) is 7.15. The van der Waals surface area contributed by atoms with Gasteiger partial charge < -0.3 is 20.7 Å². The molecule has 2 rings (SSSR count). The highest BCUT2D eigenvalue weighted by Crippen LogP contribution is 2.20. The van der Waals surface area contributed by atoms with Gasteiger partial charge in [-0.25, -0.2) is 9.18 Å². The molecular formula is C19H21ClFN3O3. The molecule has 144 valence electrons. The van der Waals surface area contributed by atoms with Crippen LogP contribution >= 0.6 is 11.6 Å². The lowest BCUT2D eigenvalue weighted by Gasteiger charge is -2.11. The van der Waals surface area contributed by atoms with Crippen molar-refractivity contribution in [1.82, 2.24) is 10.6 Å². The maximum atomic E-state index is 13.1. The van der Waals surface area contributed by atoms with Gasteiger partial charge in [-0.3, -0.25) is 4.79 Å². The summed E-state index contributed by atoms with van der Waals surface area (Å²) in [7, 11) is 0. The second-order valence-electron chi connectivity index (χ2n) is 6.09. The molecule has 0 saturated carbocycles. The molecule has 2 aromatic carbocycles. The van der Waals surface area contributed by atoms with Gasteiger partial charge in [0.25, 0.3) is 5.91 Å². The van der Waals surface area contributed by atoms with E-state index in [2.05, 4.69) is 16.0 Å². The average molecular weight is 394 g/mol. The maximum absolute atomic E-state index is 13.1. The quantitative estimate of drug-likeness (QED) is 0.671. The summed E-state index contributed by atoms with van der Waals surface area (Å²) in [6, 6.07) is 10.7. The van der Waals surface area contributed by atoms with Crippen molar-refractivity contribution in [1.29, 1.82) is 0 Å². The average Bonchev–Trinajstić information content (AvgIpc) is 2.61. The number of amides is 3. The molecule has 0 aromatic heterocycles. The molecule has 0 fully saturated rings. The number of benzene rings is 2. The van der Waals surface area contributed by atoms with Crippen molar-refractivity contribution < 1.29 is 18.7 Å². The minimum Gasteiger partial charge on any atom is -0.484 e. The van der Waals surface area contributed by atoms with Crippen molar-refractivity contribution in [3.8, 4) is 5.75 Å². The number of rotatable bonds is 7. The fourth-order valence-corrected chi connectivity index (χ4v) is 2.27. The summed E-state index contributed by atoms with van der Waals surface area (Å²) < 4.78 is 18.3. The molecule has 0 aliphatic heterocycles. The zero-order valence-corrected chi connectivity index (χ0v) is 15.8. The van der Waals surface area contributed by atoms with E-state index in [4.69, 9.17) is 16.3 Å². The van der Waals surface area contributed by atoms with E-state index in [1.165, 1.54) is 18.2 Å². The molecule has 8 heteroatoms. The van der Waals surface area contributed by atoms with Crippen molar-refractivity contribution in [2.75, 3.05) is 11.9 Å². The summed E-state index contributed by atoms with van der Waals surface area (Å²) in [5.74, 6) is -0.561. The van der Waals surface area contributed by atoms with E-state index in [9.17, 15) is 14.0 Å².